The first-order chi connectivity index (χ1) is 8.56. The number of carbonyl (C=O) groups excluding carboxylic acids is 1. The molecular weight excluding hydrogens is 241 g/mol. The van der Waals surface area contributed by atoms with Crippen LogP contribution in [0.1, 0.15) is 26.3 Å². The second-order valence-corrected chi connectivity index (χ2v) is 3.99. The van der Waals surface area contributed by atoms with Crippen LogP contribution in [-0.2, 0) is 6.42 Å². The molecule has 0 saturated heterocycles. The fourth-order valence-electron chi connectivity index (χ4n) is 1.95. The van der Waals surface area contributed by atoms with Crippen LogP contribution in [0.3, 0.4) is 0 Å². The van der Waals surface area contributed by atoms with Gasteiger partial charge in [0, 0.05) is 13.5 Å². The Labute approximate surface area is 103 Å². The zero-order chi connectivity index (χ0) is 13.3. The number of fused-ring (bicyclic) bond motifs is 1. The van der Waals surface area contributed by atoms with Gasteiger partial charge in [-0.1, -0.05) is 0 Å². The van der Waals surface area contributed by atoms with Crippen molar-refractivity contribution in [2.24, 2.45) is 0 Å². The van der Waals surface area contributed by atoms with Gasteiger partial charge in [-0.15, -0.1) is 0 Å². The van der Waals surface area contributed by atoms with Crippen molar-refractivity contribution in [3.63, 3.8) is 0 Å². The summed E-state index contributed by atoms with van der Waals surface area (Å²) in [6.45, 7) is -0.676. The lowest BCUT2D eigenvalue weighted by Gasteiger charge is -2.09. The summed E-state index contributed by atoms with van der Waals surface area (Å²) in [5.74, 6) is -1.30. The molecular formula is C12H12FNO4. The number of rotatable bonds is 3. The number of carboxylic acid groups (broad SMARTS) is 1. The van der Waals surface area contributed by atoms with E-state index in [-0.39, 0.29) is 23.3 Å². The Morgan fingerprint density at radius 3 is 2.83 bits per heavy atom. The highest BCUT2D eigenvalue weighted by Gasteiger charge is 2.29. The van der Waals surface area contributed by atoms with Crippen LogP contribution < -0.4 is 10.1 Å². The zero-order valence-corrected chi connectivity index (χ0v) is 9.70. The van der Waals surface area contributed by atoms with Gasteiger partial charge in [0.1, 0.15) is 18.5 Å². The maximum absolute atomic E-state index is 12.6. The summed E-state index contributed by atoms with van der Waals surface area (Å²) in [4.78, 5) is 22.6. The molecule has 0 spiro atoms. The lowest BCUT2D eigenvalue weighted by molar-refractivity contribution is 0.0697. The maximum atomic E-state index is 12.6. The van der Waals surface area contributed by atoms with Gasteiger partial charge in [-0.05, 0) is 17.7 Å². The minimum atomic E-state index is -1.13. The van der Waals surface area contributed by atoms with Crippen LogP contribution in [-0.4, -0.2) is 36.8 Å². The summed E-state index contributed by atoms with van der Waals surface area (Å²) >= 11 is 0. The maximum Gasteiger partial charge on any atom is 0.335 e. The van der Waals surface area contributed by atoms with Crippen LogP contribution in [0.4, 0.5) is 4.39 Å². The number of hydrogen-bond acceptors (Lipinski definition) is 3. The molecule has 1 aliphatic rings. The van der Waals surface area contributed by atoms with Crippen molar-refractivity contribution < 1.29 is 23.8 Å². The Morgan fingerprint density at radius 1 is 1.56 bits per heavy atom. The fraction of sp³-hybridized carbons (Fsp3) is 0.333. The zero-order valence-electron chi connectivity index (χ0n) is 9.70. The monoisotopic (exact) mass is 253 g/mol. The van der Waals surface area contributed by atoms with Crippen LogP contribution in [0, 0.1) is 0 Å². The van der Waals surface area contributed by atoms with Gasteiger partial charge in [-0.25, -0.2) is 9.18 Å². The van der Waals surface area contributed by atoms with E-state index in [0.717, 1.165) is 0 Å². The SMILES string of the molecule is CNC(=O)c1cc(C(=O)O)cc2c1OC(CF)C2. The lowest BCUT2D eigenvalue weighted by atomic mass is 10.0. The molecule has 1 amide bonds. The van der Waals surface area contributed by atoms with Gasteiger partial charge < -0.3 is 15.2 Å². The average molecular weight is 253 g/mol. The van der Waals surface area contributed by atoms with Crippen molar-refractivity contribution in [3.8, 4) is 5.75 Å². The van der Waals surface area contributed by atoms with Crippen molar-refractivity contribution in [2.45, 2.75) is 12.5 Å². The van der Waals surface area contributed by atoms with E-state index in [1.807, 2.05) is 0 Å². The highest BCUT2D eigenvalue weighted by atomic mass is 19.1. The van der Waals surface area contributed by atoms with Crippen LogP contribution in [0.5, 0.6) is 5.75 Å². The number of aromatic carboxylic acids is 1. The molecule has 1 aromatic carbocycles. The van der Waals surface area contributed by atoms with Crippen LogP contribution >= 0.6 is 0 Å². The van der Waals surface area contributed by atoms with Crippen molar-refractivity contribution in [1.29, 1.82) is 0 Å². The predicted molar refractivity (Wildman–Crippen MR) is 60.9 cm³/mol. The minimum absolute atomic E-state index is 0.00421. The van der Waals surface area contributed by atoms with Crippen molar-refractivity contribution in [1.82, 2.24) is 5.32 Å². The number of alkyl halides is 1. The van der Waals surface area contributed by atoms with Gasteiger partial charge in [0.05, 0.1) is 11.1 Å². The highest BCUT2D eigenvalue weighted by molar-refractivity contribution is 6.00. The number of halogens is 1. The molecule has 1 heterocycles. The molecule has 5 nitrogen and oxygen atoms in total. The number of hydrogen-bond donors (Lipinski definition) is 2. The second kappa shape index (κ2) is 4.64. The number of ether oxygens (including phenoxy) is 1. The van der Waals surface area contributed by atoms with E-state index in [1.54, 1.807) is 0 Å². The van der Waals surface area contributed by atoms with E-state index < -0.39 is 24.7 Å². The Kier molecular flexibility index (Phi) is 3.18. The van der Waals surface area contributed by atoms with E-state index in [1.165, 1.54) is 19.2 Å². The highest BCUT2D eigenvalue weighted by Crippen LogP contribution is 2.34. The predicted octanol–water partition coefficient (Wildman–Crippen LogP) is 1.02. The number of carbonyl (C=O) groups is 2. The Hall–Kier alpha value is -2.11. The van der Waals surface area contributed by atoms with Crippen molar-refractivity contribution in [3.05, 3.63) is 28.8 Å². The Morgan fingerprint density at radius 2 is 2.28 bits per heavy atom. The second-order valence-electron chi connectivity index (χ2n) is 3.99. The van der Waals surface area contributed by atoms with Gasteiger partial charge in [0.15, 0.2) is 0 Å². The van der Waals surface area contributed by atoms with E-state index in [0.29, 0.717) is 5.56 Å². The third-order valence-corrected chi connectivity index (χ3v) is 2.79. The van der Waals surface area contributed by atoms with Gasteiger partial charge in [0.25, 0.3) is 5.91 Å². The number of carboxylic acids is 1. The molecule has 0 bridgehead atoms. The van der Waals surface area contributed by atoms with Crippen LogP contribution in [0.15, 0.2) is 12.1 Å². The summed E-state index contributed by atoms with van der Waals surface area (Å²) in [7, 11) is 1.43. The molecule has 18 heavy (non-hydrogen) atoms. The molecule has 1 aromatic rings. The smallest absolute Gasteiger partial charge is 0.335 e. The van der Waals surface area contributed by atoms with Gasteiger partial charge in [-0.3, -0.25) is 4.79 Å². The molecule has 0 radical (unpaired) electrons. The average Bonchev–Trinajstić information content (AvgIpc) is 2.79. The topological polar surface area (TPSA) is 75.6 Å². The normalized spacial score (nSPS) is 16.9. The molecule has 0 fully saturated rings. The van der Waals surface area contributed by atoms with Gasteiger partial charge >= 0.3 is 5.97 Å². The molecule has 0 saturated carbocycles. The fourth-order valence-corrected chi connectivity index (χ4v) is 1.95. The van der Waals surface area contributed by atoms with E-state index in [2.05, 4.69) is 5.32 Å². The number of benzene rings is 1. The first-order valence-electron chi connectivity index (χ1n) is 5.41. The largest absolute Gasteiger partial charge is 0.486 e. The third-order valence-electron chi connectivity index (χ3n) is 2.79. The molecule has 6 heteroatoms. The van der Waals surface area contributed by atoms with E-state index in [9.17, 15) is 14.0 Å². The van der Waals surface area contributed by atoms with Crippen molar-refractivity contribution in [2.75, 3.05) is 13.7 Å². The minimum Gasteiger partial charge on any atom is -0.486 e. The molecule has 1 aliphatic heterocycles. The van der Waals surface area contributed by atoms with Gasteiger partial charge in [-0.2, -0.15) is 0 Å². The molecule has 2 N–H and O–H groups in total. The Balaban J connectivity index is 2.52. The quantitative estimate of drug-likeness (QED) is 0.843. The number of nitrogens with one attached hydrogen (secondary N) is 1. The lowest BCUT2D eigenvalue weighted by Crippen LogP contribution is -2.20. The standard InChI is InChI=1S/C12H12FNO4/c1-14-11(15)9-4-7(12(16)17)2-6-3-8(5-13)18-10(6)9/h2,4,8H,3,5H2,1H3,(H,14,15)(H,16,17). The summed E-state index contributed by atoms with van der Waals surface area (Å²) in [5.41, 5.74) is 0.676. The summed E-state index contributed by atoms with van der Waals surface area (Å²) in [6, 6.07) is 2.65. The van der Waals surface area contributed by atoms with Gasteiger partial charge in [0.2, 0.25) is 0 Å². The summed E-state index contributed by atoms with van der Waals surface area (Å²) < 4.78 is 17.9. The van der Waals surface area contributed by atoms with E-state index in [4.69, 9.17) is 9.84 Å². The molecule has 1 unspecified atom stereocenters. The van der Waals surface area contributed by atoms with Crippen LogP contribution in [0.25, 0.3) is 0 Å². The number of amides is 1. The Bertz CT molecular complexity index is 515. The molecule has 0 aliphatic carbocycles. The molecule has 96 valence electrons. The summed E-state index contributed by atoms with van der Waals surface area (Å²) in [5, 5.41) is 11.4. The van der Waals surface area contributed by atoms with Crippen LogP contribution in [0.2, 0.25) is 0 Å². The third kappa shape index (κ3) is 2.01. The first-order valence-corrected chi connectivity index (χ1v) is 5.41. The molecule has 2 rings (SSSR count). The molecule has 0 aromatic heterocycles. The first kappa shape index (κ1) is 12.3. The molecule has 1 atom stereocenters. The van der Waals surface area contributed by atoms with E-state index >= 15 is 0 Å². The summed E-state index contributed by atoms with van der Waals surface area (Å²) in [6.07, 6.45) is -0.371. The van der Waals surface area contributed by atoms with Crippen molar-refractivity contribution >= 4 is 11.9 Å².